The van der Waals surface area contributed by atoms with Gasteiger partial charge in [0.05, 0.1) is 57.2 Å². The highest BCUT2D eigenvalue weighted by atomic mass is 16.4. The molecule has 35 heavy (non-hydrogen) atoms. The van der Waals surface area contributed by atoms with Crippen molar-refractivity contribution in [2.24, 2.45) is 0 Å². The molecule has 5 N–H and O–H groups in total. The highest BCUT2D eigenvalue weighted by molar-refractivity contribution is 5.79. The number of aromatic nitrogens is 1. The minimum absolute atomic E-state index is 0.0835. The van der Waals surface area contributed by atoms with Crippen LogP contribution in [0, 0.1) is 0 Å². The molecule has 2 amide bonds. The van der Waals surface area contributed by atoms with Crippen LogP contribution >= 0.6 is 0 Å². The Balaban J connectivity index is 2.23. The molecule has 0 saturated heterocycles. The highest BCUT2D eigenvalue weighted by Gasteiger charge is 2.20. The van der Waals surface area contributed by atoms with Gasteiger partial charge in [-0.2, -0.15) is 0 Å². The van der Waals surface area contributed by atoms with Crippen LogP contribution in [0.15, 0.2) is 18.2 Å². The van der Waals surface area contributed by atoms with E-state index in [1.807, 2.05) is 0 Å². The Morgan fingerprint density at radius 3 is 1.49 bits per heavy atom. The number of nitrogens with one attached hydrogen (secondary N) is 2. The molecule has 0 unspecified atom stereocenters. The molecule has 0 fully saturated rings. The fourth-order valence-corrected chi connectivity index (χ4v) is 3.46. The van der Waals surface area contributed by atoms with Crippen LogP contribution < -0.4 is 10.6 Å². The summed E-state index contributed by atoms with van der Waals surface area (Å²) in [7, 11) is 0. The molecule has 2 rings (SSSR count). The van der Waals surface area contributed by atoms with E-state index >= 15 is 0 Å². The first kappa shape index (κ1) is 27.6. The Morgan fingerprint density at radius 1 is 0.714 bits per heavy atom. The number of aliphatic carboxylic acids is 3. The second-order valence-corrected chi connectivity index (χ2v) is 8.05. The maximum absolute atomic E-state index is 12.4. The number of amides is 2. The van der Waals surface area contributed by atoms with Crippen molar-refractivity contribution in [2.45, 2.75) is 13.1 Å². The third-order valence-corrected chi connectivity index (χ3v) is 5.07. The lowest BCUT2D eigenvalue weighted by atomic mass is 10.3. The molecule has 2 heterocycles. The quantitative estimate of drug-likeness (QED) is 0.279. The van der Waals surface area contributed by atoms with Crippen LogP contribution in [-0.2, 0) is 37.1 Å². The number of pyridine rings is 1. The van der Waals surface area contributed by atoms with E-state index in [9.17, 15) is 39.3 Å². The molecule has 1 aliphatic rings. The summed E-state index contributed by atoms with van der Waals surface area (Å²) in [4.78, 5) is 67.3. The van der Waals surface area contributed by atoms with Gasteiger partial charge in [0.1, 0.15) is 0 Å². The first-order valence-corrected chi connectivity index (χ1v) is 10.9. The molecule has 0 radical (unpaired) electrons. The van der Waals surface area contributed by atoms with Crippen LogP contribution in [0.5, 0.6) is 0 Å². The highest BCUT2D eigenvalue weighted by Crippen LogP contribution is 2.02. The third kappa shape index (κ3) is 11.4. The summed E-state index contributed by atoms with van der Waals surface area (Å²) in [6, 6.07) is 5.10. The van der Waals surface area contributed by atoms with Gasteiger partial charge in [-0.15, -0.1) is 0 Å². The summed E-state index contributed by atoms with van der Waals surface area (Å²) in [5.74, 6) is -4.25. The van der Waals surface area contributed by atoms with E-state index < -0.39 is 42.8 Å². The maximum Gasteiger partial charge on any atom is 0.317 e. The Kier molecular flexibility index (Phi) is 11.0. The Labute approximate surface area is 201 Å². The zero-order valence-corrected chi connectivity index (χ0v) is 19.2. The van der Waals surface area contributed by atoms with E-state index in [0.717, 1.165) is 0 Å². The average Bonchev–Trinajstić information content (AvgIpc) is 2.76. The van der Waals surface area contributed by atoms with Crippen molar-refractivity contribution < 1.29 is 39.3 Å². The molecule has 192 valence electrons. The lowest BCUT2D eigenvalue weighted by Crippen LogP contribution is -2.47. The smallest absolute Gasteiger partial charge is 0.317 e. The summed E-state index contributed by atoms with van der Waals surface area (Å²) in [6.07, 6.45) is 0. The Hall–Kier alpha value is -3.62. The SMILES string of the molecule is O=C(O)CN1CCN(CC(=O)O)CC(=O)NCc2cccc(n2)CNC(=O)CN(CC(=O)O)CC1. The van der Waals surface area contributed by atoms with E-state index in [4.69, 9.17) is 0 Å². The number of nitrogens with zero attached hydrogens (tertiary/aromatic N) is 4. The second-order valence-electron chi connectivity index (χ2n) is 8.05. The van der Waals surface area contributed by atoms with E-state index in [1.165, 1.54) is 14.7 Å². The summed E-state index contributed by atoms with van der Waals surface area (Å²) in [5.41, 5.74) is 1.08. The number of fused-ring (bicyclic) bond motifs is 2. The first-order chi connectivity index (χ1) is 16.6. The fraction of sp³-hybridized carbons (Fsp3) is 0.524. The van der Waals surface area contributed by atoms with E-state index in [0.29, 0.717) is 11.4 Å². The number of rotatable bonds is 6. The maximum atomic E-state index is 12.4. The predicted molar refractivity (Wildman–Crippen MR) is 120 cm³/mol. The molecule has 0 aromatic carbocycles. The number of hydrogen-bond acceptors (Lipinski definition) is 9. The van der Waals surface area contributed by atoms with Gasteiger partial charge in [-0.1, -0.05) is 6.07 Å². The van der Waals surface area contributed by atoms with Gasteiger partial charge in [0, 0.05) is 26.2 Å². The average molecular weight is 495 g/mol. The van der Waals surface area contributed by atoms with Crippen LogP contribution in [0.1, 0.15) is 11.4 Å². The van der Waals surface area contributed by atoms with Crippen molar-refractivity contribution in [3.05, 3.63) is 29.6 Å². The van der Waals surface area contributed by atoms with Gasteiger partial charge in [0.2, 0.25) is 11.8 Å². The molecule has 0 aliphatic carbocycles. The molecule has 2 bridgehead atoms. The molecule has 14 heteroatoms. The molecule has 14 nitrogen and oxygen atoms in total. The third-order valence-electron chi connectivity index (χ3n) is 5.07. The van der Waals surface area contributed by atoms with Gasteiger partial charge >= 0.3 is 17.9 Å². The lowest BCUT2D eigenvalue weighted by molar-refractivity contribution is -0.141. The zero-order chi connectivity index (χ0) is 25.8. The minimum atomic E-state index is -1.14. The number of carbonyl (C=O) groups is 5. The van der Waals surface area contributed by atoms with Gasteiger partial charge in [0.15, 0.2) is 0 Å². The molecular weight excluding hydrogens is 464 g/mol. The van der Waals surface area contributed by atoms with Crippen LogP contribution in [-0.4, -0.2) is 124 Å². The van der Waals surface area contributed by atoms with Crippen molar-refractivity contribution in [2.75, 3.05) is 58.9 Å². The second kappa shape index (κ2) is 13.9. The van der Waals surface area contributed by atoms with Gasteiger partial charge in [0.25, 0.3) is 0 Å². The van der Waals surface area contributed by atoms with Crippen molar-refractivity contribution in [1.29, 1.82) is 0 Å². The van der Waals surface area contributed by atoms with Crippen molar-refractivity contribution in [1.82, 2.24) is 30.3 Å². The lowest BCUT2D eigenvalue weighted by Gasteiger charge is -2.28. The largest absolute Gasteiger partial charge is 0.480 e. The Bertz CT molecular complexity index is 866. The Morgan fingerprint density at radius 2 is 1.09 bits per heavy atom. The minimum Gasteiger partial charge on any atom is -0.480 e. The monoisotopic (exact) mass is 494 g/mol. The molecule has 1 aromatic heterocycles. The van der Waals surface area contributed by atoms with Crippen LogP contribution in [0.2, 0.25) is 0 Å². The summed E-state index contributed by atoms with van der Waals surface area (Å²) in [5, 5.41) is 33.0. The van der Waals surface area contributed by atoms with Gasteiger partial charge in [-0.05, 0) is 12.1 Å². The van der Waals surface area contributed by atoms with Gasteiger partial charge in [-0.3, -0.25) is 43.7 Å². The van der Waals surface area contributed by atoms with Gasteiger partial charge in [-0.25, -0.2) is 0 Å². The number of carboxylic acids is 3. The topological polar surface area (TPSA) is 193 Å². The molecule has 0 atom stereocenters. The standard InChI is InChI=1S/C21H30N6O8/c28-17-10-26(13-20(32)33)6-4-25(12-19(30)31)5-7-27(14-21(34)35)11-18(29)23-9-16-3-1-2-15(24-16)8-22-17/h1-3H,4-14H2,(H,22,28)(H,23,29)(H,30,31)(H,32,33)(H,34,35). The normalized spacial score (nSPS) is 18.1. The molecule has 0 spiro atoms. The number of carboxylic acid groups (broad SMARTS) is 3. The van der Waals surface area contributed by atoms with Crippen molar-refractivity contribution in [3.63, 3.8) is 0 Å². The van der Waals surface area contributed by atoms with Gasteiger partial charge < -0.3 is 26.0 Å². The van der Waals surface area contributed by atoms with Crippen LogP contribution in [0.3, 0.4) is 0 Å². The molecule has 1 aliphatic heterocycles. The summed E-state index contributed by atoms with van der Waals surface area (Å²) < 4.78 is 0. The predicted octanol–water partition coefficient (Wildman–Crippen LogP) is -2.51. The molecule has 1 aromatic rings. The zero-order valence-electron chi connectivity index (χ0n) is 19.2. The first-order valence-electron chi connectivity index (χ1n) is 10.9. The molecular formula is C21H30N6O8. The van der Waals surface area contributed by atoms with Crippen molar-refractivity contribution in [3.8, 4) is 0 Å². The number of carbonyl (C=O) groups excluding carboxylic acids is 2. The summed E-state index contributed by atoms with van der Waals surface area (Å²) >= 11 is 0. The van der Waals surface area contributed by atoms with E-state index in [2.05, 4.69) is 15.6 Å². The van der Waals surface area contributed by atoms with E-state index in [1.54, 1.807) is 18.2 Å². The van der Waals surface area contributed by atoms with Crippen LogP contribution in [0.4, 0.5) is 0 Å². The van der Waals surface area contributed by atoms with Crippen LogP contribution in [0.25, 0.3) is 0 Å². The fourth-order valence-electron chi connectivity index (χ4n) is 3.46. The van der Waals surface area contributed by atoms with Crippen molar-refractivity contribution >= 4 is 29.7 Å². The summed E-state index contributed by atoms with van der Waals surface area (Å²) in [6.45, 7) is -1.06. The molecule has 0 saturated carbocycles. The van der Waals surface area contributed by atoms with E-state index in [-0.39, 0.29) is 58.9 Å². The number of hydrogen-bond donors (Lipinski definition) is 5.